The van der Waals surface area contributed by atoms with E-state index < -0.39 is 0 Å². The van der Waals surface area contributed by atoms with Crippen LogP contribution < -0.4 is 10.1 Å². The van der Waals surface area contributed by atoms with Crippen LogP contribution in [0.1, 0.15) is 53.6 Å². The molecule has 2 aromatic heterocycles. The number of aliphatic imine (C=N–C) groups is 1. The molecule has 5 nitrogen and oxygen atoms in total. The molecule has 0 aliphatic heterocycles. The Bertz CT molecular complexity index is 1780. The Balaban J connectivity index is 1.46. The van der Waals surface area contributed by atoms with Gasteiger partial charge in [-0.1, -0.05) is 74.8 Å². The number of rotatable bonds is 6. The lowest BCUT2D eigenvalue weighted by molar-refractivity contribution is 0.102. The second-order valence-corrected chi connectivity index (χ2v) is 13.4. The number of H-pyrrole nitrogens is 1. The van der Waals surface area contributed by atoms with Gasteiger partial charge in [0.1, 0.15) is 10.8 Å². The van der Waals surface area contributed by atoms with Crippen molar-refractivity contribution in [1.82, 2.24) is 4.98 Å². The predicted molar refractivity (Wildman–Crippen MR) is 176 cm³/mol. The molecule has 0 fully saturated rings. The maximum atomic E-state index is 13.8. The van der Waals surface area contributed by atoms with Crippen molar-refractivity contribution in [2.24, 2.45) is 16.3 Å². The van der Waals surface area contributed by atoms with Crippen molar-refractivity contribution < 1.29 is 9.53 Å². The third kappa shape index (κ3) is 5.49. The van der Waals surface area contributed by atoms with Gasteiger partial charge < -0.3 is 15.0 Å². The lowest BCUT2D eigenvalue weighted by Crippen LogP contribution is -2.27. The first-order valence-electron chi connectivity index (χ1n) is 14.2. The Morgan fingerprint density at radius 2 is 1.83 bits per heavy atom. The summed E-state index contributed by atoms with van der Waals surface area (Å²) in [6.07, 6.45) is 4.78. The summed E-state index contributed by atoms with van der Waals surface area (Å²) in [7, 11) is 1.68. The maximum Gasteiger partial charge on any atom is 0.259 e. The molecular formula is C35H34ClN3O2S. The topological polar surface area (TPSA) is 66.5 Å². The summed E-state index contributed by atoms with van der Waals surface area (Å²) in [6.45, 7) is 6.92. The molecule has 3 aromatic carbocycles. The zero-order chi connectivity index (χ0) is 29.4. The summed E-state index contributed by atoms with van der Waals surface area (Å²) < 4.78 is 5.67. The molecule has 214 valence electrons. The molecule has 0 unspecified atom stereocenters. The molecule has 0 spiro atoms. The van der Waals surface area contributed by atoms with Crippen molar-refractivity contribution in [3.8, 4) is 17.0 Å². The van der Waals surface area contributed by atoms with Crippen LogP contribution in [-0.2, 0) is 12.8 Å². The van der Waals surface area contributed by atoms with E-state index in [1.807, 2.05) is 48.7 Å². The third-order valence-electron chi connectivity index (χ3n) is 8.23. The van der Waals surface area contributed by atoms with Gasteiger partial charge in [-0.15, -0.1) is 11.3 Å². The van der Waals surface area contributed by atoms with Crippen molar-refractivity contribution in [2.45, 2.75) is 40.0 Å². The Labute approximate surface area is 255 Å². The van der Waals surface area contributed by atoms with Gasteiger partial charge in [-0.3, -0.25) is 4.79 Å². The molecular weight excluding hydrogens is 562 g/mol. The number of aromatic nitrogens is 1. The van der Waals surface area contributed by atoms with Crippen molar-refractivity contribution in [3.05, 3.63) is 99.4 Å². The number of thiophene rings is 1. The number of para-hydroxylation sites is 1. The fraction of sp³-hybridized carbons (Fsp3) is 0.257. The molecule has 42 heavy (non-hydrogen) atoms. The third-order valence-corrected chi connectivity index (χ3v) is 9.64. The number of carbonyl (C=O) groups excluding carboxylic acids is 1. The molecule has 5 aromatic rings. The van der Waals surface area contributed by atoms with Crippen molar-refractivity contribution in [2.75, 3.05) is 12.4 Å². The summed E-state index contributed by atoms with van der Waals surface area (Å²) in [5, 5.41) is 5.47. The van der Waals surface area contributed by atoms with Crippen LogP contribution in [0.3, 0.4) is 0 Å². The summed E-state index contributed by atoms with van der Waals surface area (Å²) in [4.78, 5) is 23.7. The van der Waals surface area contributed by atoms with E-state index in [1.54, 1.807) is 30.6 Å². The number of methoxy groups -OCH3 is 1. The molecule has 0 radical (unpaired) electrons. The minimum absolute atomic E-state index is 0.139. The number of anilines is 1. The van der Waals surface area contributed by atoms with Crippen LogP contribution in [0, 0.1) is 11.3 Å². The summed E-state index contributed by atoms with van der Waals surface area (Å²) in [6, 6.07) is 23.4. The number of nitrogens with zero attached hydrogens (tertiary/aromatic N) is 1. The Morgan fingerprint density at radius 3 is 2.55 bits per heavy atom. The first-order chi connectivity index (χ1) is 20.2. The predicted octanol–water partition coefficient (Wildman–Crippen LogP) is 9.71. The molecule has 6 rings (SSSR count). The van der Waals surface area contributed by atoms with Crippen LogP contribution in [0.5, 0.6) is 5.75 Å². The van der Waals surface area contributed by atoms with Crippen molar-refractivity contribution in [3.63, 3.8) is 0 Å². The summed E-state index contributed by atoms with van der Waals surface area (Å²) >= 11 is 7.73. The highest BCUT2D eigenvalue weighted by molar-refractivity contribution is 7.16. The van der Waals surface area contributed by atoms with Crippen LogP contribution in [-0.4, -0.2) is 24.2 Å². The van der Waals surface area contributed by atoms with E-state index >= 15 is 0 Å². The van der Waals surface area contributed by atoms with Gasteiger partial charge in [0.15, 0.2) is 0 Å². The summed E-state index contributed by atoms with van der Waals surface area (Å²) in [5.41, 5.74) is 6.59. The highest BCUT2D eigenvalue weighted by atomic mass is 35.5. The van der Waals surface area contributed by atoms with E-state index in [0.717, 1.165) is 63.3 Å². The van der Waals surface area contributed by atoms with Crippen LogP contribution >= 0.6 is 22.9 Å². The number of ether oxygens (including phenoxy) is 1. The highest BCUT2D eigenvalue weighted by Gasteiger charge is 2.33. The normalized spacial score (nSPS) is 15.2. The van der Waals surface area contributed by atoms with E-state index in [2.05, 4.69) is 49.3 Å². The number of benzene rings is 3. The van der Waals surface area contributed by atoms with Crippen LogP contribution in [0.2, 0.25) is 5.02 Å². The Kier molecular flexibility index (Phi) is 7.69. The van der Waals surface area contributed by atoms with Gasteiger partial charge in [0, 0.05) is 32.8 Å². The molecule has 0 saturated carbocycles. The van der Waals surface area contributed by atoms with Crippen LogP contribution in [0.25, 0.3) is 22.2 Å². The quantitative estimate of drug-likeness (QED) is 0.192. The lowest BCUT2D eigenvalue weighted by atomic mass is 9.72. The molecule has 1 amide bonds. The average Bonchev–Trinajstić information content (AvgIpc) is 3.55. The van der Waals surface area contributed by atoms with Gasteiger partial charge >= 0.3 is 0 Å². The fourth-order valence-electron chi connectivity index (χ4n) is 5.83. The van der Waals surface area contributed by atoms with E-state index in [0.29, 0.717) is 22.2 Å². The number of halogens is 1. The Hall–Kier alpha value is -3.87. The standard InChI is InChI=1S/C35H34ClN3O2S/c1-35(2,3)22-13-18-26-29(19-22)42-34(30(26)33(40)38-24-16-14-23(36)15-17-24)37-20-27-25-11-8-12-28(41-4)32(25)39-31(27)21-9-6-5-7-10-21/h5-12,14-17,20,22,39H,13,18-19H2,1-4H3,(H,38,40)/t22-/m1/s1. The lowest BCUT2D eigenvalue weighted by Gasteiger charge is -2.33. The maximum absolute atomic E-state index is 13.8. The first-order valence-corrected chi connectivity index (χ1v) is 15.4. The van der Waals surface area contributed by atoms with E-state index in [1.165, 1.54) is 4.88 Å². The van der Waals surface area contributed by atoms with Gasteiger partial charge in [-0.05, 0) is 72.1 Å². The average molecular weight is 596 g/mol. The molecule has 2 heterocycles. The zero-order valence-corrected chi connectivity index (χ0v) is 25.8. The molecule has 1 aliphatic carbocycles. The largest absolute Gasteiger partial charge is 0.495 e. The zero-order valence-electron chi connectivity index (χ0n) is 24.3. The van der Waals surface area contributed by atoms with Gasteiger partial charge in [0.05, 0.1) is 23.9 Å². The van der Waals surface area contributed by atoms with E-state index in [9.17, 15) is 4.79 Å². The number of carbonyl (C=O) groups is 1. The van der Waals surface area contributed by atoms with E-state index in [4.69, 9.17) is 21.3 Å². The highest BCUT2D eigenvalue weighted by Crippen LogP contribution is 2.46. The minimum Gasteiger partial charge on any atom is -0.495 e. The molecule has 1 aliphatic rings. The van der Waals surface area contributed by atoms with E-state index in [-0.39, 0.29) is 11.3 Å². The second kappa shape index (κ2) is 11.4. The molecule has 0 bridgehead atoms. The van der Waals surface area contributed by atoms with Gasteiger partial charge in [-0.2, -0.15) is 0 Å². The number of hydrogen-bond acceptors (Lipinski definition) is 4. The van der Waals surface area contributed by atoms with Gasteiger partial charge in [-0.25, -0.2) is 4.99 Å². The molecule has 0 saturated heterocycles. The first kappa shape index (κ1) is 28.3. The molecule has 7 heteroatoms. The molecule has 2 N–H and O–H groups in total. The number of amides is 1. The monoisotopic (exact) mass is 595 g/mol. The number of fused-ring (bicyclic) bond motifs is 2. The van der Waals surface area contributed by atoms with Gasteiger partial charge in [0.25, 0.3) is 5.91 Å². The SMILES string of the molecule is COc1cccc2c(C=Nc3sc4c(c3C(=O)Nc3ccc(Cl)cc3)CC[C@@H](C(C)(C)C)C4)c(-c3ccccc3)[nH]c12. The number of hydrogen-bond donors (Lipinski definition) is 2. The summed E-state index contributed by atoms with van der Waals surface area (Å²) in [5.74, 6) is 1.19. The second-order valence-electron chi connectivity index (χ2n) is 11.9. The fourth-order valence-corrected chi connectivity index (χ4v) is 7.23. The smallest absolute Gasteiger partial charge is 0.259 e. The van der Waals surface area contributed by atoms with Crippen LogP contribution in [0.15, 0.2) is 77.8 Å². The number of aromatic amines is 1. The minimum atomic E-state index is -0.139. The van der Waals surface area contributed by atoms with Gasteiger partial charge in [0.2, 0.25) is 0 Å². The van der Waals surface area contributed by atoms with Crippen molar-refractivity contribution in [1.29, 1.82) is 0 Å². The van der Waals surface area contributed by atoms with Crippen molar-refractivity contribution >= 4 is 56.7 Å². The van der Waals surface area contributed by atoms with Crippen LogP contribution in [0.4, 0.5) is 10.7 Å². The molecule has 1 atom stereocenters. The Morgan fingerprint density at radius 1 is 1.07 bits per heavy atom. The number of nitrogens with one attached hydrogen (secondary N) is 2.